The minimum Gasteiger partial charge on any atom is -0.310 e. The van der Waals surface area contributed by atoms with Crippen molar-refractivity contribution in [3.8, 4) is 0 Å². The zero-order chi connectivity index (χ0) is 13.2. The molecule has 0 radical (unpaired) electrons. The smallest absolute Gasteiger partial charge is 0.310 e. The topological polar surface area (TPSA) is 47.8 Å². The molecule has 18 heavy (non-hydrogen) atoms. The summed E-state index contributed by atoms with van der Waals surface area (Å²) in [5.74, 6) is 0. The molecule has 7 heteroatoms. The van der Waals surface area contributed by atoms with Gasteiger partial charge in [0.25, 0.3) is 5.56 Å². The van der Waals surface area contributed by atoms with Gasteiger partial charge in [0, 0.05) is 24.2 Å². The van der Waals surface area contributed by atoms with Crippen molar-refractivity contribution in [1.82, 2.24) is 14.5 Å². The van der Waals surface area contributed by atoms with Gasteiger partial charge in [0.15, 0.2) is 0 Å². The van der Waals surface area contributed by atoms with Crippen molar-refractivity contribution >= 4 is 0 Å². The number of pyridine rings is 1. The Labute approximate surface area is 99.7 Å². The molecule has 2 rings (SSSR count). The fraction of sp³-hybridized carbons (Fsp3) is 0.182. The zero-order valence-corrected chi connectivity index (χ0v) is 9.05. The van der Waals surface area contributed by atoms with E-state index in [1.807, 2.05) is 0 Å². The van der Waals surface area contributed by atoms with Crippen molar-refractivity contribution in [3.05, 3.63) is 58.5 Å². The molecule has 0 atom stereocenters. The van der Waals surface area contributed by atoms with Gasteiger partial charge in [-0.3, -0.25) is 4.79 Å². The third-order valence-electron chi connectivity index (χ3n) is 2.29. The van der Waals surface area contributed by atoms with Gasteiger partial charge in [0.2, 0.25) is 0 Å². The van der Waals surface area contributed by atoms with E-state index in [2.05, 4.69) is 9.97 Å². The molecule has 94 valence electrons. The molecule has 0 aromatic carbocycles. The van der Waals surface area contributed by atoms with Crippen molar-refractivity contribution in [1.29, 1.82) is 0 Å². The van der Waals surface area contributed by atoms with Crippen LogP contribution in [0.1, 0.15) is 11.1 Å². The SMILES string of the molecule is O=c1c(C(F)(F)F)cccn1Cc1cncnc1. The lowest BCUT2D eigenvalue weighted by Gasteiger charge is -2.09. The first kappa shape index (κ1) is 12.3. The van der Waals surface area contributed by atoms with E-state index in [-0.39, 0.29) is 6.54 Å². The molecule has 0 saturated heterocycles. The van der Waals surface area contributed by atoms with Crippen molar-refractivity contribution in [2.24, 2.45) is 0 Å². The molecule has 0 bridgehead atoms. The minimum atomic E-state index is -4.65. The summed E-state index contributed by atoms with van der Waals surface area (Å²) in [6.45, 7) is 0.00356. The van der Waals surface area contributed by atoms with Gasteiger partial charge in [0.1, 0.15) is 11.9 Å². The number of hydrogen-bond donors (Lipinski definition) is 0. The van der Waals surface area contributed by atoms with Crippen LogP contribution in [0.4, 0.5) is 13.2 Å². The number of aromatic nitrogens is 3. The molecule has 0 saturated carbocycles. The number of rotatable bonds is 2. The molecular formula is C11H8F3N3O. The van der Waals surface area contributed by atoms with Crippen LogP contribution in [-0.2, 0) is 12.7 Å². The van der Waals surface area contributed by atoms with Gasteiger partial charge in [0.05, 0.1) is 6.54 Å². The average Bonchev–Trinajstić information content (AvgIpc) is 2.32. The van der Waals surface area contributed by atoms with Gasteiger partial charge in [-0.1, -0.05) is 0 Å². The number of alkyl halides is 3. The molecular weight excluding hydrogens is 247 g/mol. The van der Waals surface area contributed by atoms with Gasteiger partial charge in [-0.2, -0.15) is 13.2 Å². The highest BCUT2D eigenvalue weighted by atomic mass is 19.4. The summed E-state index contributed by atoms with van der Waals surface area (Å²) < 4.78 is 38.6. The molecule has 4 nitrogen and oxygen atoms in total. The average molecular weight is 255 g/mol. The number of hydrogen-bond acceptors (Lipinski definition) is 3. The van der Waals surface area contributed by atoms with Crippen LogP contribution in [0.15, 0.2) is 41.8 Å². The molecule has 0 N–H and O–H groups in total. The van der Waals surface area contributed by atoms with Crippen molar-refractivity contribution < 1.29 is 13.2 Å². The largest absolute Gasteiger partial charge is 0.421 e. The van der Waals surface area contributed by atoms with E-state index in [0.717, 1.165) is 10.6 Å². The predicted octanol–water partition coefficient (Wildman–Crippen LogP) is 1.71. The quantitative estimate of drug-likeness (QED) is 0.820. The Balaban J connectivity index is 2.39. The third kappa shape index (κ3) is 2.55. The Bertz CT molecular complexity index is 592. The summed E-state index contributed by atoms with van der Waals surface area (Å²) in [5, 5.41) is 0. The first-order chi connectivity index (χ1) is 8.48. The standard InChI is InChI=1S/C11H8F3N3O/c12-11(13,14)9-2-1-3-17(10(9)18)6-8-4-15-7-16-5-8/h1-5,7H,6H2. The highest BCUT2D eigenvalue weighted by Crippen LogP contribution is 2.25. The molecule has 2 aromatic rings. The molecule has 0 aliphatic heterocycles. The lowest BCUT2D eigenvalue weighted by molar-refractivity contribution is -0.138. The highest BCUT2D eigenvalue weighted by molar-refractivity contribution is 5.15. The van der Waals surface area contributed by atoms with Crippen LogP contribution >= 0.6 is 0 Å². The van der Waals surface area contributed by atoms with E-state index in [1.54, 1.807) is 0 Å². The summed E-state index contributed by atoms with van der Waals surface area (Å²) >= 11 is 0. The maximum Gasteiger partial charge on any atom is 0.421 e. The maximum atomic E-state index is 12.5. The molecule has 0 aliphatic carbocycles. The van der Waals surface area contributed by atoms with Crippen LogP contribution in [0, 0.1) is 0 Å². The normalized spacial score (nSPS) is 11.5. The Kier molecular flexibility index (Phi) is 3.14. The van der Waals surface area contributed by atoms with Crippen LogP contribution in [0.25, 0.3) is 0 Å². The Morgan fingerprint density at radius 3 is 2.50 bits per heavy atom. The lowest BCUT2D eigenvalue weighted by Crippen LogP contribution is -2.28. The van der Waals surface area contributed by atoms with Gasteiger partial charge < -0.3 is 4.57 Å². The summed E-state index contributed by atoms with van der Waals surface area (Å²) in [4.78, 5) is 19.1. The second-order valence-corrected chi connectivity index (χ2v) is 3.60. The molecule has 2 aromatic heterocycles. The fourth-order valence-electron chi connectivity index (χ4n) is 1.49. The monoisotopic (exact) mass is 255 g/mol. The molecule has 0 spiro atoms. The molecule has 0 unspecified atom stereocenters. The van der Waals surface area contributed by atoms with Crippen molar-refractivity contribution in [3.63, 3.8) is 0 Å². The number of nitrogens with zero attached hydrogens (tertiary/aromatic N) is 3. The van der Waals surface area contributed by atoms with Crippen LogP contribution in [0.3, 0.4) is 0 Å². The van der Waals surface area contributed by atoms with E-state index in [0.29, 0.717) is 5.56 Å². The molecule has 0 aliphatic rings. The van der Waals surface area contributed by atoms with Gasteiger partial charge in [-0.15, -0.1) is 0 Å². The van der Waals surface area contributed by atoms with Crippen LogP contribution in [0.2, 0.25) is 0 Å². The second kappa shape index (κ2) is 4.59. The van der Waals surface area contributed by atoms with Gasteiger partial charge in [-0.05, 0) is 12.1 Å². The van der Waals surface area contributed by atoms with Gasteiger partial charge >= 0.3 is 6.18 Å². The van der Waals surface area contributed by atoms with Gasteiger partial charge in [-0.25, -0.2) is 9.97 Å². The molecule has 2 heterocycles. The van der Waals surface area contributed by atoms with Crippen LogP contribution in [0.5, 0.6) is 0 Å². The summed E-state index contributed by atoms with van der Waals surface area (Å²) in [6, 6.07) is 1.95. The first-order valence-corrected chi connectivity index (χ1v) is 4.99. The Morgan fingerprint density at radius 1 is 1.22 bits per heavy atom. The molecule has 0 fully saturated rings. The molecule has 0 amide bonds. The number of halogens is 3. The second-order valence-electron chi connectivity index (χ2n) is 3.60. The van der Waals surface area contributed by atoms with Crippen LogP contribution < -0.4 is 5.56 Å². The van der Waals surface area contributed by atoms with E-state index in [9.17, 15) is 18.0 Å². The first-order valence-electron chi connectivity index (χ1n) is 4.99. The fourth-order valence-corrected chi connectivity index (χ4v) is 1.49. The Hall–Kier alpha value is -2.18. The zero-order valence-electron chi connectivity index (χ0n) is 9.05. The predicted molar refractivity (Wildman–Crippen MR) is 56.8 cm³/mol. The van der Waals surface area contributed by atoms with E-state index >= 15 is 0 Å². The van der Waals surface area contributed by atoms with E-state index in [1.165, 1.54) is 31.0 Å². The van der Waals surface area contributed by atoms with E-state index < -0.39 is 17.3 Å². The summed E-state index contributed by atoms with van der Waals surface area (Å²) in [6.07, 6.45) is 0.843. The van der Waals surface area contributed by atoms with Crippen molar-refractivity contribution in [2.75, 3.05) is 0 Å². The Morgan fingerprint density at radius 2 is 1.89 bits per heavy atom. The van der Waals surface area contributed by atoms with Crippen molar-refractivity contribution in [2.45, 2.75) is 12.7 Å². The lowest BCUT2D eigenvalue weighted by atomic mass is 10.2. The third-order valence-corrected chi connectivity index (χ3v) is 2.29. The minimum absolute atomic E-state index is 0.00356. The van der Waals surface area contributed by atoms with E-state index in [4.69, 9.17) is 0 Å². The highest BCUT2D eigenvalue weighted by Gasteiger charge is 2.34. The summed E-state index contributed by atoms with van der Waals surface area (Å²) in [7, 11) is 0. The van der Waals surface area contributed by atoms with Crippen LogP contribution in [-0.4, -0.2) is 14.5 Å². The maximum absolute atomic E-state index is 12.5. The summed E-state index contributed by atoms with van der Waals surface area (Å²) in [5.41, 5.74) is -1.70.